The van der Waals surface area contributed by atoms with Crippen LogP contribution in [0.3, 0.4) is 0 Å². The third kappa shape index (κ3) is 4.81. The number of sulfonamides is 1. The Kier molecular flexibility index (Phi) is 6.41. The molecule has 1 aliphatic heterocycles. The molecule has 3 aromatic rings. The van der Waals surface area contributed by atoms with Gasteiger partial charge in [-0.15, -0.1) is 10.2 Å². The third-order valence-corrected chi connectivity index (χ3v) is 7.29. The van der Waals surface area contributed by atoms with Gasteiger partial charge >= 0.3 is 0 Å². The number of aromatic nitrogens is 2. The normalized spacial score (nSPS) is 15.1. The van der Waals surface area contributed by atoms with Gasteiger partial charge in [0.2, 0.25) is 10.0 Å². The summed E-state index contributed by atoms with van der Waals surface area (Å²) < 4.78 is 32.8. The number of hydrogen-bond acceptors (Lipinski definition) is 6. The summed E-state index contributed by atoms with van der Waals surface area (Å²) in [5.41, 5.74) is 1.70. The molecule has 0 amide bonds. The Bertz CT molecular complexity index is 1110. The highest BCUT2D eigenvalue weighted by atomic mass is 35.5. The van der Waals surface area contributed by atoms with Gasteiger partial charge in [-0.2, -0.15) is 4.31 Å². The van der Waals surface area contributed by atoms with Gasteiger partial charge in [-0.3, -0.25) is 0 Å². The highest BCUT2D eigenvalue weighted by Gasteiger charge is 2.29. The molecule has 31 heavy (non-hydrogen) atoms. The molecule has 4 rings (SSSR count). The quantitative estimate of drug-likeness (QED) is 0.560. The standard InChI is InChI=1S/C22H23ClN4O3S/c1-2-30-19-7-9-20(10-8-19)31(28,29)27-15-13-26(14-16-27)22-12-11-21(24-25-22)17-3-5-18(23)6-4-17/h3-12H,2,13-16H2,1H3. The molecule has 0 spiro atoms. The Morgan fingerprint density at radius 3 is 2.16 bits per heavy atom. The minimum atomic E-state index is -3.54. The molecule has 0 N–H and O–H groups in total. The van der Waals surface area contributed by atoms with Crippen molar-refractivity contribution >= 4 is 27.4 Å². The molecular formula is C22H23ClN4O3S. The molecule has 162 valence electrons. The summed E-state index contributed by atoms with van der Waals surface area (Å²) >= 11 is 5.93. The summed E-state index contributed by atoms with van der Waals surface area (Å²) in [5, 5.41) is 9.32. The molecule has 0 aliphatic carbocycles. The first kappa shape index (κ1) is 21.5. The number of nitrogens with zero attached hydrogens (tertiary/aromatic N) is 4. The number of anilines is 1. The van der Waals surface area contributed by atoms with E-state index in [0.717, 1.165) is 17.1 Å². The minimum absolute atomic E-state index is 0.275. The van der Waals surface area contributed by atoms with Crippen LogP contribution in [0.25, 0.3) is 11.3 Å². The second-order valence-electron chi connectivity index (χ2n) is 7.08. The van der Waals surface area contributed by atoms with Crippen LogP contribution in [0, 0.1) is 0 Å². The van der Waals surface area contributed by atoms with E-state index in [2.05, 4.69) is 10.2 Å². The smallest absolute Gasteiger partial charge is 0.243 e. The van der Waals surface area contributed by atoms with Gasteiger partial charge in [-0.25, -0.2) is 8.42 Å². The van der Waals surface area contributed by atoms with Crippen LogP contribution in [0.15, 0.2) is 65.6 Å². The van der Waals surface area contributed by atoms with Gasteiger partial charge < -0.3 is 9.64 Å². The van der Waals surface area contributed by atoms with E-state index in [-0.39, 0.29) is 4.90 Å². The van der Waals surface area contributed by atoms with Gasteiger partial charge in [0.25, 0.3) is 0 Å². The number of piperazine rings is 1. The summed E-state index contributed by atoms with van der Waals surface area (Å²) in [6.45, 7) is 4.29. The molecule has 7 nitrogen and oxygen atoms in total. The Morgan fingerprint density at radius 1 is 0.903 bits per heavy atom. The molecule has 1 fully saturated rings. The lowest BCUT2D eigenvalue weighted by Crippen LogP contribution is -2.48. The second-order valence-corrected chi connectivity index (χ2v) is 9.45. The maximum atomic E-state index is 13.0. The molecule has 0 unspecified atom stereocenters. The first-order valence-corrected chi connectivity index (χ1v) is 11.9. The Labute approximate surface area is 187 Å². The largest absolute Gasteiger partial charge is 0.494 e. The van der Waals surface area contributed by atoms with Crippen LogP contribution in [0.5, 0.6) is 5.75 Å². The zero-order chi connectivity index (χ0) is 21.8. The van der Waals surface area contributed by atoms with Crippen LogP contribution in [0.1, 0.15) is 6.92 Å². The van der Waals surface area contributed by atoms with E-state index < -0.39 is 10.0 Å². The lowest BCUT2D eigenvalue weighted by atomic mass is 10.1. The van der Waals surface area contributed by atoms with Crippen molar-refractivity contribution in [1.82, 2.24) is 14.5 Å². The third-order valence-electron chi connectivity index (χ3n) is 5.13. The second kappa shape index (κ2) is 9.21. The van der Waals surface area contributed by atoms with E-state index in [4.69, 9.17) is 16.3 Å². The lowest BCUT2D eigenvalue weighted by Gasteiger charge is -2.34. The number of ether oxygens (including phenoxy) is 1. The Morgan fingerprint density at radius 2 is 1.58 bits per heavy atom. The van der Waals surface area contributed by atoms with Gasteiger partial charge in [0.15, 0.2) is 5.82 Å². The highest BCUT2D eigenvalue weighted by molar-refractivity contribution is 7.89. The molecule has 0 bridgehead atoms. The van der Waals surface area contributed by atoms with E-state index in [1.807, 2.05) is 48.2 Å². The molecule has 9 heteroatoms. The summed E-state index contributed by atoms with van der Waals surface area (Å²) in [6, 6.07) is 17.8. The average molecular weight is 459 g/mol. The molecule has 2 heterocycles. The molecule has 0 radical (unpaired) electrons. The van der Waals surface area contributed by atoms with Crippen molar-refractivity contribution in [2.24, 2.45) is 0 Å². The molecule has 2 aromatic carbocycles. The molecular weight excluding hydrogens is 436 g/mol. The Hall–Kier alpha value is -2.68. The average Bonchev–Trinajstić information content (AvgIpc) is 2.80. The number of hydrogen-bond donors (Lipinski definition) is 0. The van der Waals surface area contributed by atoms with Gasteiger partial charge in [-0.05, 0) is 55.5 Å². The van der Waals surface area contributed by atoms with Crippen molar-refractivity contribution < 1.29 is 13.2 Å². The molecule has 0 saturated carbocycles. The molecule has 1 aromatic heterocycles. The van der Waals surface area contributed by atoms with Crippen LogP contribution >= 0.6 is 11.6 Å². The number of halogens is 1. The number of benzene rings is 2. The molecule has 1 aliphatic rings. The van der Waals surface area contributed by atoms with Crippen LogP contribution in [-0.2, 0) is 10.0 Å². The number of rotatable bonds is 6. The van der Waals surface area contributed by atoms with Gasteiger partial charge in [0, 0.05) is 36.8 Å². The van der Waals surface area contributed by atoms with Crippen molar-refractivity contribution in [1.29, 1.82) is 0 Å². The monoisotopic (exact) mass is 458 g/mol. The SMILES string of the molecule is CCOc1ccc(S(=O)(=O)N2CCN(c3ccc(-c4ccc(Cl)cc4)nn3)CC2)cc1. The minimum Gasteiger partial charge on any atom is -0.494 e. The van der Waals surface area contributed by atoms with E-state index in [1.165, 1.54) is 4.31 Å². The summed E-state index contributed by atoms with van der Waals surface area (Å²) in [6.07, 6.45) is 0. The first-order valence-electron chi connectivity index (χ1n) is 10.0. The van der Waals surface area contributed by atoms with Crippen LogP contribution in [0.2, 0.25) is 5.02 Å². The summed E-state index contributed by atoms with van der Waals surface area (Å²) in [7, 11) is -3.54. The van der Waals surface area contributed by atoms with Crippen molar-refractivity contribution in [2.45, 2.75) is 11.8 Å². The fourth-order valence-corrected chi connectivity index (χ4v) is 5.00. The van der Waals surface area contributed by atoms with Gasteiger partial charge in [-0.1, -0.05) is 23.7 Å². The maximum Gasteiger partial charge on any atom is 0.243 e. The maximum absolute atomic E-state index is 13.0. The van der Waals surface area contributed by atoms with Crippen molar-refractivity contribution in [3.63, 3.8) is 0 Å². The first-order chi connectivity index (χ1) is 15.0. The van der Waals surface area contributed by atoms with Crippen molar-refractivity contribution in [3.8, 4) is 17.0 Å². The summed E-state index contributed by atoms with van der Waals surface area (Å²) in [4.78, 5) is 2.32. The van der Waals surface area contributed by atoms with Crippen LogP contribution in [-0.4, -0.2) is 55.7 Å². The van der Waals surface area contributed by atoms with Gasteiger partial charge in [0.05, 0.1) is 17.2 Å². The zero-order valence-electron chi connectivity index (χ0n) is 17.1. The van der Waals surface area contributed by atoms with Gasteiger partial charge in [0.1, 0.15) is 5.75 Å². The van der Waals surface area contributed by atoms with Crippen molar-refractivity contribution in [2.75, 3.05) is 37.7 Å². The van der Waals surface area contributed by atoms with Crippen LogP contribution in [0.4, 0.5) is 5.82 Å². The topological polar surface area (TPSA) is 75.6 Å². The highest BCUT2D eigenvalue weighted by Crippen LogP contribution is 2.24. The fourth-order valence-electron chi connectivity index (χ4n) is 3.45. The fraction of sp³-hybridized carbons (Fsp3) is 0.273. The molecule has 0 atom stereocenters. The van der Waals surface area contributed by atoms with E-state index in [9.17, 15) is 8.42 Å². The lowest BCUT2D eigenvalue weighted by molar-refractivity contribution is 0.340. The Balaban J connectivity index is 1.40. The molecule has 1 saturated heterocycles. The van der Waals surface area contributed by atoms with E-state index >= 15 is 0 Å². The van der Waals surface area contributed by atoms with Crippen LogP contribution < -0.4 is 9.64 Å². The van der Waals surface area contributed by atoms with E-state index in [0.29, 0.717) is 43.6 Å². The summed E-state index contributed by atoms with van der Waals surface area (Å²) in [5.74, 6) is 1.39. The predicted molar refractivity (Wildman–Crippen MR) is 121 cm³/mol. The van der Waals surface area contributed by atoms with Crippen molar-refractivity contribution in [3.05, 3.63) is 65.7 Å². The van der Waals surface area contributed by atoms with E-state index in [1.54, 1.807) is 24.3 Å². The predicted octanol–water partition coefficient (Wildman–Crippen LogP) is 3.71. The zero-order valence-corrected chi connectivity index (χ0v) is 18.7.